The summed E-state index contributed by atoms with van der Waals surface area (Å²) in [7, 11) is 0. The Balaban J connectivity index is 0.000001000. The Morgan fingerprint density at radius 2 is 2.36 bits per heavy atom. The molecule has 5 nitrogen and oxygen atoms in total. The molecule has 0 radical (unpaired) electrons. The van der Waals surface area contributed by atoms with Crippen molar-refractivity contribution >= 4 is 24.2 Å². The van der Waals surface area contributed by atoms with Gasteiger partial charge in [-0.3, -0.25) is 15.0 Å². The maximum absolute atomic E-state index is 10.7. The molecule has 1 fully saturated rings. The Morgan fingerprint density at radius 3 is 2.73 bits per heavy atom. The second kappa shape index (κ2) is 4.15. The van der Waals surface area contributed by atoms with Crippen molar-refractivity contribution in [1.82, 2.24) is 10.7 Å². The highest BCUT2D eigenvalue weighted by Gasteiger charge is 2.26. The van der Waals surface area contributed by atoms with Crippen LogP contribution in [0.1, 0.15) is 12.8 Å². The largest absolute Gasteiger partial charge is 0.344 e. The van der Waals surface area contributed by atoms with Crippen molar-refractivity contribution in [1.29, 1.82) is 0 Å². The van der Waals surface area contributed by atoms with E-state index in [0.717, 1.165) is 0 Å². The minimum atomic E-state index is -0.419. The Hall–Kier alpha value is -0.810. The Labute approximate surface area is 70.1 Å². The lowest BCUT2D eigenvalue weighted by Crippen LogP contribution is -2.44. The van der Waals surface area contributed by atoms with Crippen LogP contribution in [0.4, 0.5) is 0 Å². The third kappa shape index (κ3) is 2.36. The van der Waals surface area contributed by atoms with Gasteiger partial charge in [-0.25, -0.2) is 5.84 Å². The first kappa shape index (κ1) is 10.2. The summed E-state index contributed by atoms with van der Waals surface area (Å²) in [5.41, 5.74) is 1.97. The molecule has 1 atom stereocenters. The molecule has 0 saturated carbocycles. The van der Waals surface area contributed by atoms with E-state index in [4.69, 9.17) is 5.84 Å². The van der Waals surface area contributed by atoms with Crippen LogP contribution in [0.15, 0.2) is 0 Å². The van der Waals surface area contributed by atoms with Crippen molar-refractivity contribution in [2.24, 2.45) is 5.84 Å². The van der Waals surface area contributed by atoms with Crippen LogP contribution in [0.2, 0.25) is 0 Å². The van der Waals surface area contributed by atoms with Crippen molar-refractivity contribution in [2.75, 3.05) is 0 Å². The van der Waals surface area contributed by atoms with E-state index in [2.05, 4.69) is 5.32 Å². The monoisotopic (exact) mass is 179 g/mol. The van der Waals surface area contributed by atoms with Crippen molar-refractivity contribution in [3.05, 3.63) is 0 Å². The normalized spacial score (nSPS) is 21.9. The van der Waals surface area contributed by atoms with Crippen molar-refractivity contribution in [3.63, 3.8) is 0 Å². The Kier molecular flexibility index (Phi) is 3.84. The second-order valence-electron chi connectivity index (χ2n) is 2.17. The van der Waals surface area contributed by atoms with Crippen LogP contribution in [0.3, 0.4) is 0 Å². The average molecular weight is 180 g/mol. The fourth-order valence-electron chi connectivity index (χ4n) is 0.911. The molecule has 1 aliphatic heterocycles. The summed E-state index contributed by atoms with van der Waals surface area (Å²) in [6, 6.07) is -0.419. The van der Waals surface area contributed by atoms with Crippen LogP contribution in [0.25, 0.3) is 0 Å². The summed E-state index contributed by atoms with van der Waals surface area (Å²) in [5, 5.41) is 2.47. The number of hydrogen-bond acceptors (Lipinski definition) is 3. The first-order chi connectivity index (χ1) is 4.74. The van der Waals surface area contributed by atoms with Crippen molar-refractivity contribution in [3.8, 4) is 0 Å². The van der Waals surface area contributed by atoms with Crippen LogP contribution in [-0.2, 0) is 9.59 Å². The van der Waals surface area contributed by atoms with Crippen molar-refractivity contribution in [2.45, 2.75) is 18.9 Å². The molecule has 4 N–H and O–H groups in total. The minimum absolute atomic E-state index is 0. The van der Waals surface area contributed by atoms with Crippen molar-refractivity contribution < 1.29 is 9.59 Å². The van der Waals surface area contributed by atoms with E-state index >= 15 is 0 Å². The minimum Gasteiger partial charge on any atom is -0.344 e. The summed E-state index contributed by atoms with van der Waals surface area (Å²) in [6.07, 6.45) is 0.958. The van der Waals surface area contributed by atoms with E-state index in [1.165, 1.54) is 0 Å². The quantitative estimate of drug-likeness (QED) is 0.265. The van der Waals surface area contributed by atoms with Crippen LogP contribution in [-0.4, -0.2) is 17.9 Å². The van der Waals surface area contributed by atoms with E-state index in [1.54, 1.807) is 0 Å². The highest BCUT2D eigenvalue weighted by atomic mass is 35.5. The van der Waals surface area contributed by atoms with Crippen LogP contribution in [0, 0.1) is 0 Å². The maximum Gasteiger partial charge on any atom is 0.256 e. The fraction of sp³-hybridized carbons (Fsp3) is 0.600. The molecule has 0 unspecified atom stereocenters. The lowest BCUT2D eigenvalue weighted by atomic mass is 10.2. The molecule has 0 aromatic rings. The van der Waals surface area contributed by atoms with E-state index in [-0.39, 0.29) is 24.2 Å². The number of hydrogen-bond donors (Lipinski definition) is 3. The lowest BCUT2D eigenvalue weighted by Gasteiger charge is -2.05. The number of halogens is 1. The average Bonchev–Trinajstić information content (AvgIpc) is 2.34. The Morgan fingerprint density at radius 1 is 1.73 bits per heavy atom. The number of nitrogens with one attached hydrogen (secondary N) is 2. The zero-order chi connectivity index (χ0) is 7.56. The summed E-state index contributed by atoms with van der Waals surface area (Å²) in [4.78, 5) is 21.3. The van der Waals surface area contributed by atoms with Gasteiger partial charge in [-0.1, -0.05) is 0 Å². The standard InChI is InChI=1S/C5H9N3O2.ClH/c6-8-5(10)3-1-2-4(9)7-3;/h3H,1-2,6H2,(H,7,9)(H,8,10);1H/t3-;/m1./s1. The molecule has 0 aromatic carbocycles. The molecule has 64 valence electrons. The van der Waals surface area contributed by atoms with Gasteiger partial charge in [-0.2, -0.15) is 0 Å². The Bertz CT molecular complexity index is 173. The molecule has 6 heteroatoms. The summed E-state index contributed by atoms with van der Waals surface area (Å²) in [6.45, 7) is 0. The highest BCUT2D eigenvalue weighted by Crippen LogP contribution is 2.05. The molecular formula is C5H10ClN3O2. The molecule has 0 bridgehead atoms. The van der Waals surface area contributed by atoms with E-state index in [0.29, 0.717) is 12.8 Å². The predicted molar refractivity (Wildman–Crippen MR) is 40.7 cm³/mol. The summed E-state index contributed by atoms with van der Waals surface area (Å²) in [5.74, 6) is 4.43. The van der Waals surface area contributed by atoms with Gasteiger partial charge in [0.15, 0.2) is 0 Å². The number of carbonyl (C=O) groups excluding carboxylic acids is 2. The van der Waals surface area contributed by atoms with Gasteiger partial charge in [-0.05, 0) is 6.42 Å². The fourth-order valence-corrected chi connectivity index (χ4v) is 0.911. The van der Waals surface area contributed by atoms with Gasteiger partial charge in [0.05, 0.1) is 0 Å². The van der Waals surface area contributed by atoms with Gasteiger partial charge in [0.1, 0.15) is 6.04 Å². The van der Waals surface area contributed by atoms with Gasteiger partial charge < -0.3 is 5.32 Å². The highest BCUT2D eigenvalue weighted by molar-refractivity contribution is 5.90. The van der Waals surface area contributed by atoms with E-state index < -0.39 is 6.04 Å². The van der Waals surface area contributed by atoms with Crippen LogP contribution in [0.5, 0.6) is 0 Å². The third-order valence-corrected chi connectivity index (χ3v) is 1.45. The molecule has 2 amide bonds. The smallest absolute Gasteiger partial charge is 0.256 e. The van der Waals surface area contributed by atoms with Gasteiger partial charge in [0, 0.05) is 6.42 Å². The first-order valence-corrected chi connectivity index (χ1v) is 3.04. The third-order valence-electron chi connectivity index (χ3n) is 1.45. The van der Waals surface area contributed by atoms with Crippen LogP contribution >= 0.6 is 12.4 Å². The number of nitrogens with two attached hydrogens (primary N) is 1. The SMILES string of the molecule is Cl.NNC(=O)[C@H]1CCC(=O)N1. The second-order valence-corrected chi connectivity index (χ2v) is 2.17. The zero-order valence-electron chi connectivity index (χ0n) is 5.79. The molecule has 0 aliphatic carbocycles. The molecule has 1 saturated heterocycles. The number of amides is 2. The topological polar surface area (TPSA) is 84.2 Å². The number of hydrazine groups is 1. The molecule has 1 heterocycles. The van der Waals surface area contributed by atoms with Gasteiger partial charge >= 0.3 is 0 Å². The summed E-state index contributed by atoms with van der Waals surface area (Å²) >= 11 is 0. The van der Waals surface area contributed by atoms with E-state index in [9.17, 15) is 9.59 Å². The number of rotatable bonds is 1. The van der Waals surface area contributed by atoms with Gasteiger partial charge in [-0.15, -0.1) is 12.4 Å². The first-order valence-electron chi connectivity index (χ1n) is 3.04. The molecular weight excluding hydrogens is 170 g/mol. The van der Waals surface area contributed by atoms with Gasteiger partial charge in [0.25, 0.3) is 5.91 Å². The zero-order valence-corrected chi connectivity index (χ0v) is 6.61. The molecule has 1 aliphatic rings. The summed E-state index contributed by atoms with van der Waals surface area (Å²) < 4.78 is 0. The lowest BCUT2D eigenvalue weighted by molar-refractivity contribution is -0.125. The predicted octanol–water partition coefficient (Wildman–Crippen LogP) is -1.32. The molecule has 0 aromatic heterocycles. The van der Waals surface area contributed by atoms with E-state index in [1.807, 2.05) is 5.43 Å². The molecule has 11 heavy (non-hydrogen) atoms. The molecule has 0 spiro atoms. The molecule has 1 rings (SSSR count). The van der Waals surface area contributed by atoms with Gasteiger partial charge in [0.2, 0.25) is 5.91 Å². The number of carbonyl (C=O) groups is 2. The maximum atomic E-state index is 10.7. The van der Waals surface area contributed by atoms with Crippen LogP contribution < -0.4 is 16.6 Å².